The molecule has 0 aromatic heterocycles. The van der Waals surface area contributed by atoms with Gasteiger partial charge in [-0.25, -0.2) is 0 Å². The first kappa shape index (κ1) is 24.3. The molecule has 0 aromatic carbocycles. The molecule has 0 radical (unpaired) electrons. The lowest BCUT2D eigenvalue weighted by Gasteiger charge is -2.49. The number of hydrogen-bond donors (Lipinski definition) is 0. The fraction of sp³-hybridized carbons (Fsp3) is 0.778. The molecular weight excluding hydrogens is 324 g/mol. The Morgan fingerprint density at radius 3 is 2.19 bits per heavy atom. The van der Waals surface area contributed by atoms with E-state index in [1.165, 1.54) is 44.1 Å². The highest BCUT2D eigenvalue weighted by atomic mass is 14.5. The van der Waals surface area contributed by atoms with Gasteiger partial charge in [0, 0.05) is 0 Å². The van der Waals surface area contributed by atoms with Gasteiger partial charge in [-0.05, 0) is 72.7 Å². The fourth-order valence-electron chi connectivity index (χ4n) is 4.36. The topological polar surface area (TPSA) is 0 Å². The Bertz CT molecular complexity index is 514. The third kappa shape index (κ3) is 6.37. The molecule has 156 valence electrons. The summed E-state index contributed by atoms with van der Waals surface area (Å²) in [5.41, 5.74) is 1.95. The summed E-state index contributed by atoms with van der Waals surface area (Å²) < 4.78 is 0. The van der Waals surface area contributed by atoms with Gasteiger partial charge in [0.15, 0.2) is 0 Å². The predicted molar refractivity (Wildman–Crippen MR) is 124 cm³/mol. The molecule has 27 heavy (non-hydrogen) atoms. The first-order chi connectivity index (χ1) is 12.6. The molecule has 1 fully saturated rings. The standard InChI is InChI=1S/C27H48/c1-10-11-15-25(16-13-12-14-24-18-17-23(24)6)27(9,20-19-21(2)3)26(7,8)22(4)5/h10-11,13,15-16,21-24H,12,14,17-20H2,1-9H3. The van der Waals surface area contributed by atoms with E-state index in [-0.39, 0.29) is 10.8 Å². The minimum absolute atomic E-state index is 0.186. The van der Waals surface area contributed by atoms with Crippen molar-refractivity contribution >= 4 is 0 Å². The molecule has 1 saturated carbocycles. The van der Waals surface area contributed by atoms with E-state index in [0.29, 0.717) is 5.92 Å². The summed E-state index contributed by atoms with van der Waals surface area (Å²) in [4.78, 5) is 0. The van der Waals surface area contributed by atoms with E-state index in [4.69, 9.17) is 0 Å². The molecule has 1 rings (SSSR count). The van der Waals surface area contributed by atoms with Gasteiger partial charge in [-0.1, -0.05) is 98.6 Å². The van der Waals surface area contributed by atoms with Crippen molar-refractivity contribution in [2.75, 3.05) is 0 Å². The van der Waals surface area contributed by atoms with Crippen molar-refractivity contribution in [2.45, 2.75) is 101 Å². The molecule has 0 nitrogen and oxygen atoms in total. The third-order valence-electron chi connectivity index (χ3n) is 7.99. The van der Waals surface area contributed by atoms with E-state index >= 15 is 0 Å². The minimum atomic E-state index is 0.186. The Balaban J connectivity index is 3.07. The van der Waals surface area contributed by atoms with E-state index in [1.54, 1.807) is 0 Å². The second-order valence-corrected chi connectivity index (χ2v) is 10.6. The monoisotopic (exact) mass is 372 g/mol. The fourth-order valence-corrected chi connectivity index (χ4v) is 4.36. The summed E-state index contributed by atoms with van der Waals surface area (Å²) in [5.74, 6) is 3.32. The Hall–Kier alpha value is -0.780. The van der Waals surface area contributed by atoms with Crippen molar-refractivity contribution in [2.24, 2.45) is 34.5 Å². The van der Waals surface area contributed by atoms with E-state index in [2.05, 4.69) is 92.7 Å². The van der Waals surface area contributed by atoms with Crippen LogP contribution in [-0.2, 0) is 0 Å². The van der Waals surface area contributed by atoms with Gasteiger partial charge in [0.25, 0.3) is 0 Å². The van der Waals surface area contributed by atoms with E-state index < -0.39 is 0 Å². The highest BCUT2D eigenvalue weighted by Crippen LogP contribution is 2.53. The van der Waals surface area contributed by atoms with Crippen LogP contribution in [0.3, 0.4) is 0 Å². The molecule has 0 aromatic rings. The molecule has 0 heterocycles. The molecule has 3 atom stereocenters. The van der Waals surface area contributed by atoms with E-state index in [1.807, 2.05) is 0 Å². The van der Waals surface area contributed by atoms with Gasteiger partial charge >= 0.3 is 0 Å². The minimum Gasteiger partial charge on any atom is -0.0877 e. The summed E-state index contributed by atoms with van der Waals surface area (Å²) in [6.07, 6.45) is 19.7. The van der Waals surface area contributed by atoms with Gasteiger partial charge in [-0.15, -0.1) is 0 Å². The zero-order valence-electron chi connectivity index (χ0n) is 19.9. The van der Waals surface area contributed by atoms with Gasteiger partial charge in [0.05, 0.1) is 0 Å². The molecule has 3 unspecified atom stereocenters. The zero-order valence-corrected chi connectivity index (χ0v) is 19.9. The van der Waals surface area contributed by atoms with Crippen molar-refractivity contribution < 1.29 is 0 Å². The molecule has 1 aliphatic rings. The van der Waals surface area contributed by atoms with Crippen LogP contribution in [0.2, 0.25) is 0 Å². The third-order valence-corrected chi connectivity index (χ3v) is 7.99. The molecule has 0 amide bonds. The van der Waals surface area contributed by atoms with Crippen molar-refractivity contribution in [1.29, 1.82) is 0 Å². The summed E-state index contributed by atoms with van der Waals surface area (Å²) in [5, 5.41) is 0. The first-order valence-corrected chi connectivity index (χ1v) is 11.6. The highest BCUT2D eigenvalue weighted by molar-refractivity contribution is 5.32. The maximum atomic E-state index is 2.52. The second-order valence-electron chi connectivity index (χ2n) is 10.6. The Labute approximate surface area is 171 Å². The largest absolute Gasteiger partial charge is 0.0877 e. The van der Waals surface area contributed by atoms with Gasteiger partial charge < -0.3 is 0 Å². The van der Waals surface area contributed by atoms with Crippen molar-refractivity contribution in [1.82, 2.24) is 0 Å². The Kier molecular flexibility index (Phi) is 9.59. The Morgan fingerprint density at radius 2 is 1.74 bits per heavy atom. The maximum Gasteiger partial charge on any atom is -0.00217 e. The van der Waals surface area contributed by atoms with Crippen LogP contribution in [-0.4, -0.2) is 0 Å². The van der Waals surface area contributed by atoms with E-state index in [0.717, 1.165) is 17.8 Å². The van der Waals surface area contributed by atoms with Crippen molar-refractivity contribution in [3.8, 4) is 0 Å². The lowest BCUT2D eigenvalue weighted by Crippen LogP contribution is -2.40. The molecule has 1 aliphatic carbocycles. The normalized spacial score (nSPS) is 24.2. The summed E-state index contributed by atoms with van der Waals surface area (Å²) >= 11 is 0. The summed E-state index contributed by atoms with van der Waals surface area (Å²) in [6.45, 7) is 21.5. The van der Waals surface area contributed by atoms with Gasteiger partial charge in [0.2, 0.25) is 0 Å². The highest BCUT2D eigenvalue weighted by Gasteiger charge is 2.44. The smallest absolute Gasteiger partial charge is 0.00217 e. The second kappa shape index (κ2) is 10.7. The quantitative estimate of drug-likeness (QED) is 0.317. The molecule has 0 aliphatic heterocycles. The van der Waals surface area contributed by atoms with Crippen molar-refractivity contribution in [3.05, 3.63) is 36.0 Å². The van der Waals surface area contributed by atoms with Gasteiger partial charge in [-0.3, -0.25) is 0 Å². The van der Waals surface area contributed by atoms with Gasteiger partial charge in [-0.2, -0.15) is 0 Å². The SMILES string of the molecule is CC=CC=C(C=CCCC1CCC1C)C(C)(CCC(C)C)C(C)(C)C(C)C. The molecule has 0 bridgehead atoms. The van der Waals surface area contributed by atoms with Crippen LogP contribution in [0.15, 0.2) is 36.0 Å². The van der Waals surface area contributed by atoms with Crippen LogP contribution in [0.25, 0.3) is 0 Å². The molecule has 0 heteroatoms. The lowest BCUT2D eigenvalue weighted by molar-refractivity contribution is 0.0618. The van der Waals surface area contributed by atoms with Crippen LogP contribution < -0.4 is 0 Å². The van der Waals surface area contributed by atoms with Crippen LogP contribution in [0.1, 0.15) is 101 Å². The van der Waals surface area contributed by atoms with Crippen LogP contribution >= 0.6 is 0 Å². The van der Waals surface area contributed by atoms with Gasteiger partial charge in [0.1, 0.15) is 0 Å². The Morgan fingerprint density at radius 1 is 1.07 bits per heavy atom. The van der Waals surface area contributed by atoms with Crippen LogP contribution in [0.5, 0.6) is 0 Å². The number of rotatable bonds is 11. The predicted octanol–water partition coefficient (Wildman–Crippen LogP) is 9.00. The van der Waals surface area contributed by atoms with E-state index in [9.17, 15) is 0 Å². The van der Waals surface area contributed by atoms with Crippen LogP contribution in [0, 0.1) is 34.5 Å². The first-order valence-electron chi connectivity index (χ1n) is 11.6. The zero-order chi connectivity index (χ0) is 20.7. The molecule has 0 spiro atoms. The molecular formula is C27H48. The number of allylic oxidation sites excluding steroid dienone is 6. The molecule has 0 saturated heterocycles. The average molecular weight is 373 g/mol. The summed E-state index contributed by atoms with van der Waals surface area (Å²) in [6, 6.07) is 0. The van der Waals surface area contributed by atoms with Crippen LogP contribution in [0.4, 0.5) is 0 Å². The average Bonchev–Trinajstić information content (AvgIpc) is 2.60. The maximum absolute atomic E-state index is 2.52. The summed E-state index contributed by atoms with van der Waals surface area (Å²) in [7, 11) is 0. The lowest BCUT2D eigenvalue weighted by atomic mass is 9.55. The van der Waals surface area contributed by atoms with Crippen molar-refractivity contribution in [3.63, 3.8) is 0 Å². The number of hydrogen-bond acceptors (Lipinski definition) is 0. The molecule has 0 N–H and O–H groups in total.